The molecule has 0 heterocycles. The van der Waals surface area contributed by atoms with Crippen molar-refractivity contribution in [2.75, 3.05) is 5.75 Å². The topological polar surface area (TPSA) is 9.23 Å². The second kappa shape index (κ2) is 6.19. The Morgan fingerprint density at radius 2 is 2.00 bits per heavy atom. The Morgan fingerprint density at radius 1 is 1.25 bits per heavy atom. The normalized spacial score (nSPS) is 11.5. The van der Waals surface area contributed by atoms with Crippen LogP contribution in [0.2, 0.25) is 0 Å². The van der Waals surface area contributed by atoms with Crippen molar-refractivity contribution in [2.45, 2.75) is 45.5 Å². The molecular formula is C14H22OS. The summed E-state index contributed by atoms with van der Waals surface area (Å²) < 4.78 is 5.84. The zero-order chi connectivity index (χ0) is 12.0. The second-order valence-corrected chi connectivity index (χ2v) is 6.02. The van der Waals surface area contributed by atoms with Crippen LogP contribution in [0.5, 0.6) is 5.75 Å². The Morgan fingerprint density at radius 3 is 2.62 bits per heavy atom. The molecule has 0 aliphatic carbocycles. The molecule has 0 spiro atoms. The smallest absolute Gasteiger partial charge is 0.120 e. The first-order valence-electron chi connectivity index (χ1n) is 5.87. The number of hydrogen-bond acceptors (Lipinski definition) is 2. The molecule has 0 aromatic heterocycles. The lowest BCUT2D eigenvalue weighted by molar-refractivity contribution is 0.131. The fourth-order valence-electron chi connectivity index (χ4n) is 1.39. The van der Waals surface area contributed by atoms with E-state index in [4.69, 9.17) is 4.74 Å². The monoisotopic (exact) mass is 238 g/mol. The van der Waals surface area contributed by atoms with E-state index < -0.39 is 0 Å². The Bertz CT molecular complexity index is 315. The molecule has 0 radical (unpaired) electrons. The molecular weight excluding hydrogens is 216 g/mol. The van der Waals surface area contributed by atoms with Gasteiger partial charge in [-0.05, 0) is 50.6 Å². The molecule has 0 aliphatic heterocycles. The van der Waals surface area contributed by atoms with Gasteiger partial charge in [0.2, 0.25) is 0 Å². The van der Waals surface area contributed by atoms with Gasteiger partial charge in [0.05, 0.1) is 0 Å². The van der Waals surface area contributed by atoms with Gasteiger partial charge in [-0.1, -0.05) is 19.1 Å². The molecule has 1 rings (SSSR count). The van der Waals surface area contributed by atoms with Crippen LogP contribution in [0.25, 0.3) is 0 Å². The summed E-state index contributed by atoms with van der Waals surface area (Å²) in [5.41, 5.74) is 1.23. The highest BCUT2D eigenvalue weighted by Gasteiger charge is 2.11. The van der Waals surface area contributed by atoms with E-state index in [9.17, 15) is 0 Å². The minimum Gasteiger partial charge on any atom is -0.488 e. The van der Waals surface area contributed by atoms with Gasteiger partial charge in [0.15, 0.2) is 0 Å². The Labute approximate surface area is 104 Å². The zero-order valence-corrected chi connectivity index (χ0v) is 11.6. The SMILES string of the molecule is CCCSCc1cccc(OC(C)(C)C)c1. The van der Waals surface area contributed by atoms with E-state index in [1.165, 1.54) is 17.7 Å². The molecule has 0 bridgehead atoms. The standard InChI is InChI=1S/C14H22OS/c1-5-9-16-11-12-7-6-8-13(10-12)15-14(2,3)4/h6-8,10H,5,9,11H2,1-4H3. The van der Waals surface area contributed by atoms with Gasteiger partial charge in [0, 0.05) is 5.75 Å². The van der Waals surface area contributed by atoms with E-state index in [-0.39, 0.29) is 5.60 Å². The molecule has 0 N–H and O–H groups in total. The van der Waals surface area contributed by atoms with Crippen molar-refractivity contribution in [1.82, 2.24) is 0 Å². The van der Waals surface area contributed by atoms with E-state index in [0.29, 0.717) is 0 Å². The summed E-state index contributed by atoms with van der Waals surface area (Å²) in [5.74, 6) is 3.28. The van der Waals surface area contributed by atoms with Crippen molar-refractivity contribution in [3.63, 3.8) is 0 Å². The van der Waals surface area contributed by atoms with Gasteiger partial charge in [0.25, 0.3) is 0 Å². The number of thioether (sulfide) groups is 1. The maximum Gasteiger partial charge on any atom is 0.120 e. The van der Waals surface area contributed by atoms with Gasteiger partial charge in [-0.2, -0.15) is 11.8 Å². The summed E-state index contributed by atoms with van der Waals surface area (Å²) in [6.07, 6.45) is 1.24. The molecule has 1 nitrogen and oxygen atoms in total. The van der Waals surface area contributed by atoms with Crippen LogP contribution in [-0.4, -0.2) is 11.4 Å². The summed E-state index contributed by atoms with van der Waals surface area (Å²) >= 11 is 1.98. The molecule has 0 fully saturated rings. The first-order valence-corrected chi connectivity index (χ1v) is 7.02. The minimum absolute atomic E-state index is 0.116. The van der Waals surface area contributed by atoms with Gasteiger partial charge in [-0.15, -0.1) is 0 Å². The molecule has 0 saturated heterocycles. The van der Waals surface area contributed by atoms with Crippen LogP contribution in [0.3, 0.4) is 0 Å². The number of ether oxygens (including phenoxy) is 1. The predicted octanol–water partition coefficient (Wildman–Crippen LogP) is 4.51. The van der Waals surface area contributed by atoms with Crippen molar-refractivity contribution >= 4 is 11.8 Å². The molecule has 90 valence electrons. The van der Waals surface area contributed by atoms with Crippen molar-refractivity contribution < 1.29 is 4.74 Å². The first-order chi connectivity index (χ1) is 7.51. The minimum atomic E-state index is -0.116. The number of rotatable bonds is 5. The number of hydrogen-bond donors (Lipinski definition) is 0. The quantitative estimate of drug-likeness (QED) is 0.698. The van der Waals surface area contributed by atoms with Crippen molar-refractivity contribution in [3.8, 4) is 5.75 Å². The van der Waals surface area contributed by atoms with E-state index >= 15 is 0 Å². The highest BCUT2D eigenvalue weighted by molar-refractivity contribution is 7.98. The lowest BCUT2D eigenvalue weighted by atomic mass is 10.2. The summed E-state index contributed by atoms with van der Waals surface area (Å²) in [6.45, 7) is 8.44. The Balaban J connectivity index is 2.57. The van der Waals surface area contributed by atoms with E-state index in [0.717, 1.165) is 11.5 Å². The molecule has 16 heavy (non-hydrogen) atoms. The lowest BCUT2D eigenvalue weighted by Crippen LogP contribution is -2.22. The highest BCUT2D eigenvalue weighted by atomic mass is 32.2. The van der Waals surface area contributed by atoms with Crippen molar-refractivity contribution in [1.29, 1.82) is 0 Å². The average Bonchev–Trinajstić information content (AvgIpc) is 2.16. The molecule has 0 saturated carbocycles. The second-order valence-electron chi connectivity index (χ2n) is 4.91. The third kappa shape index (κ3) is 5.45. The van der Waals surface area contributed by atoms with Crippen LogP contribution in [0, 0.1) is 0 Å². The van der Waals surface area contributed by atoms with Gasteiger partial charge in [-0.25, -0.2) is 0 Å². The van der Waals surface area contributed by atoms with E-state index in [1.54, 1.807) is 0 Å². The van der Waals surface area contributed by atoms with Crippen LogP contribution in [0.4, 0.5) is 0 Å². The summed E-state index contributed by atoms with van der Waals surface area (Å²) in [6, 6.07) is 8.41. The van der Waals surface area contributed by atoms with Crippen molar-refractivity contribution in [2.24, 2.45) is 0 Å². The van der Waals surface area contributed by atoms with E-state index in [1.807, 2.05) is 17.8 Å². The summed E-state index contributed by atoms with van der Waals surface area (Å²) in [5, 5.41) is 0. The van der Waals surface area contributed by atoms with E-state index in [2.05, 4.69) is 45.9 Å². The maximum absolute atomic E-state index is 5.84. The highest BCUT2D eigenvalue weighted by Crippen LogP contribution is 2.21. The third-order valence-corrected chi connectivity index (χ3v) is 3.17. The van der Waals surface area contributed by atoms with Crippen molar-refractivity contribution in [3.05, 3.63) is 29.8 Å². The molecule has 0 unspecified atom stereocenters. The zero-order valence-electron chi connectivity index (χ0n) is 10.7. The first kappa shape index (κ1) is 13.4. The average molecular weight is 238 g/mol. The Hall–Kier alpha value is -0.630. The predicted molar refractivity (Wildman–Crippen MR) is 73.3 cm³/mol. The van der Waals surface area contributed by atoms with Crippen LogP contribution in [0.15, 0.2) is 24.3 Å². The van der Waals surface area contributed by atoms with Gasteiger partial charge < -0.3 is 4.74 Å². The summed E-state index contributed by atoms with van der Waals surface area (Å²) in [7, 11) is 0. The van der Waals surface area contributed by atoms with Gasteiger partial charge in [-0.3, -0.25) is 0 Å². The molecule has 1 aromatic carbocycles. The molecule has 2 heteroatoms. The van der Waals surface area contributed by atoms with Crippen LogP contribution >= 0.6 is 11.8 Å². The number of benzene rings is 1. The van der Waals surface area contributed by atoms with Gasteiger partial charge in [0.1, 0.15) is 11.4 Å². The fourth-order valence-corrected chi connectivity index (χ4v) is 2.23. The Kier molecular flexibility index (Phi) is 5.20. The maximum atomic E-state index is 5.84. The van der Waals surface area contributed by atoms with Crippen LogP contribution in [0.1, 0.15) is 39.7 Å². The van der Waals surface area contributed by atoms with Crippen LogP contribution < -0.4 is 4.74 Å². The fraction of sp³-hybridized carbons (Fsp3) is 0.571. The molecule has 1 aromatic rings. The third-order valence-electron chi connectivity index (χ3n) is 1.94. The molecule has 0 atom stereocenters. The van der Waals surface area contributed by atoms with Gasteiger partial charge >= 0.3 is 0 Å². The van der Waals surface area contributed by atoms with Crippen LogP contribution in [-0.2, 0) is 5.75 Å². The molecule has 0 amide bonds. The largest absolute Gasteiger partial charge is 0.488 e. The summed E-state index contributed by atoms with van der Waals surface area (Å²) in [4.78, 5) is 0. The molecule has 0 aliphatic rings. The lowest BCUT2D eigenvalue weighted by Gasteiger charge is -2.21.